The quantitative estimate of drug-likeness (QED) is 0.686. The molecule has 9 heteroatoms. The zero-order chi connectivity index (χ0) is 21.6. The third kappa shape index (κ3) is 3.55. The summed E-state index contributed by atoms with van der Waals surface area (Å²) in [6.45, 7) is 1.55. The van der Waals surface area contributed by atoms with E-state index < -0.39 is 11.4 Å². The number of carbonyl (C=O) groups excluding carboxylic acids is 2. The third-order valence-corrected chi connectivity index (χ3v) is 5.66. The van der Waals surface area contributed by atoms with Gasteiger partial charge in [-0.05, 0) is 36.4 Å². The van der Waals surface area contributed by atoms with E-state index >= 15 is 0 Å². The Kier molecular flexibility index (Phi) is 4.71. The number of hydrogen-bond acceptors (Lipinski definition) is 6. The van der Waals surface area contributed by atoms with Crippen molar-refractivity contribution in [1.82, 2.24) is 14.8 Å². The van der Waals surface area contributed by atoms with Gasteiger partial charge in [0.2, 0.25) is 5.89 Å². The van der Waals surface area contributed by atoms with Gasteiger partial charge in [0.1, 0.15) is 11.3 Å². The van der Waals surface area contributed by atoms with Crippen LogP contribution in [0.2, 0.25) is 0 Å². The molecule has 0 atom stereocenters. The Morgan fingerprint density at radius 1 is 1.00 bits per heavy atom. The van der Waals surface area contributed by atoms with Crippen molar-refractivity contribution >= 4 is 22.9 Å². The highest BCUT2D eigenvalue weighted by Gasteiger charge is 2.46. The standard InChI is InChI=1S/C22H20FN3O5/c23-16-5-6-17-18(11-16)31-19(24-17)14-1-3-15(4-2-14)20(27)25-7-9-26(10-8-25)21(28)22(29)12-30-13-22/h1-6,11,29H,7-10,12-13H2. The van der Waals surface area contributed by atoms with Gasteiger partial charge in [0, 0.05) is 43.4 Å². The summed E-state index contributed by atoms with van der Waals surface area (Å²) in [6.07, 6.45) is 0. The van der Waals surface area contributed by atoms with Crippen LogP contribution in [0.4, 0.5) is 4.39 Å². The number of ether oxygens (including phenoxy) is 1. The van der Waals surface area contributed by atoms with Gasteiger partial charge in [0.05, 0.1) is 13.2 Å². The highest BCUT2D eigenvalue weighted by Crippen LogP contribution is 2.26. The van der Waals surface area contributed by atoms with Gasteiger partial charge in [-0.2, -0.15) is 0 Å². The summed E-state index contributed by atoms with van der Waals surface area (Å²) >= 11 is 0. The lowest BCUT2D eigenvalue weighted by Crippen LogP contribution is -2.64. The Labute approximate surface area is 176 Å². The van der Waals surface area contributed by atoms with Gasteiger partial charge in [-0.1, -0.05) is 0 Å². The Balaban J connectivity index is 1.24. The number of aromatic nitrogens is 1. The first kappa shape index (κ1) is 19.7. The molecule has 3 aromatic rings. The van der Waals surface area contributed by atoms with Gasteiger partial charge >= 0.3 is 0 Å². The number of aliphatic hydroxyl groups is 1. The van der Waals surface area contributed by atoms with Gasteiger partial charge in [0.25, 0.3) is 11.8 Å². The van der Waals surface area contributed by atoms with E-state index in [0.717, 1.165) is 0 Å². The maximum Gasteiger partial charge on any atom is 0.259 e. The van der Waals surface area contributed by atoms with Crippen molar-refractivity contribution in [3.8, 4) is 11.5 Å². The van der Waals surface area contributed by atoms with E-state index in [1.54, 1.807) is 40.1 Å². The van der Waals surface area contributed by atoms with E-state index in [2.05, 4.69) is 4.98 Å². The molecule has 1 aromatic heterocycles. The first-order valence-corrected chi connectivity index (χ1v) is 9.98. The first-order valence-electron chi connectivity index (χ1n) is 9.98. The Bertz CT molecular complexity index is 1150. The number of rotatable bonds is 3. The van der Waals surface area contributed by atoms with Crippen molar-refractivity contribution in [3.05, 3.63) is 53.8 Å². The summed E-state index contributed by atoms with van der Waals surface area (Å²) < 4.78 is 23.9. The van der Waals surface area contributed by atoms with E-state index in [1.165, 1.54) is 12.1 Å². The fraction of sp³-hybridized carbons (Fsp3) is 0.318. The van der Waals surface area contributed by atoms with Crippen LogP contribution in [0.15, 0.2) is 46.9 Å². The monoisotopic (exact) mass is 425 g/mol. The number of halogens is 1. The maximum absolute atomic E-state index is 13.3. The molecule has 2 aliphatic heterocycles. The predicted octanol–water partition coefficient (Wildman–Crippen LogP) is 1.68. The molecule has 0 aliphatic carbocycles. The van der Waals surface area contributed by atoms with E-state index in [1.807, 2.05) is 0 Å². The minimum atomic E-state index is -1.42. The second-order valence-electron chi connectivity index (χ2n) is 7.82. The average molecular weight is 425 g/mol. The van der Waals surface area contributed by atoms with E-state index in [9.17, 15) is 19.1 Å². The topological polar surface area (TPSA) is 96.1 Å². The highest BCUT2D eigenvalue weighted by molar-refractivity contribution is 5.95. The van der Waals surface area contributed by atoms with Crippen LogP contribution in [-0.2, 0) is 9.53 Å². The molecule has 0 spiro atoms. The van der Waals surface area contributed by atoms with Gasteiger partial charge < -0.3 is 24.1 Å². The van der Waals surface area contributed by atoms with Crippen LogP contribution in [0, 0.1) is 5.82 Å². The SMILES string of the molecule is O=C(c1ccc(-c2nc3ccc(F)cc3o2)cc1)N1CCN(C(=O)C2(O)COC2)CC1. The third-order valence-electron chi connectivity index (χ3n) is 5.66. The van der Waals surface area contributed by atoms with E-state index in [4.69, 9.17) is 9.15 Å². The lowest BCUT2D eigenvalue weighted by atomic mass is 10.00. The summed E-state index contributed by atoms with van der Waals surface area (Å²) in [6, 6.07) is 11.0. The van der Waals surface area contributed by atoms with Gasteiger partial charge in [0.15, 0.2) is 11.2 Å². The molecule has 8 nitrogen and oxygen atoms in total. The molecule has 0 radical (unpaired) electrons. The summed E-state index contributed by atoms with van der Waals surface area (Å²) in [5, 5.41) is 10.1. The maximum atomic E-state index is 13.3. The Morgan fingerprint density at radius 2 is 1.68 bits per heavy atom. The molecule has 2 amide bonds. The number of nitrogens with zero attached hydrogens (tertiary/aromatic N) is 3. The molecule has 2 saturated heterocycles. The fourth-order valence-corrected chi connectivity index (χ4v) is 3.79. The molecule has 3 heterocycles. The van der Waals surface area contributed by atoms with Gasteiger partial charge in [-0.25, -0.2) is 9.37 Å². The van der Waals surface area contributed by atoms with Crippen LogP contribution >= 0.6 is 0 Å². The molecular weight excluding hydrogens is 405 g/mol. The fourth-order valence-electron chi connectivity index (χ4n) is 3.79. The van der Waals surface area contributed by atoms with Crippen molar-refractivity contribution in [2.45, 2.75) is 5.60 Å². The van der Waals surface area contributed by atoms with Crippen LogP contribution < -0.4 is 0 Å². The molecule has 160 valence electrons. The molecule has 5 rings (SSSR count). The van der Waals surface area contributed by atoms with Crippen LogP contribution in [0.5, 0.6) is 0 Å². The molecule has 0 unspecified atom stereocenters. The van der Waals surface area contributed by atoms with Crippen molar-refractivity contribution in [2.24, 2.45) is 0 Å². The molecule has 0 saturated carbocycles. The van der Waals surface area contributed by atoms with E-state index in [-0.39, 0.29) is 25.0 Å². The number of hydrogen-bond donors (Lipinski definition) is 1. The lowest BCUT2D eigenvalue weighted by molar-refractivity contribution is -0.201. The summed E-state index contributed by atoms with van der Waals surface area (Å²) in [5.41, 5.74) is 0.692. The second kappa shape index (κ2) is 7.44. The lowest BCUT2D eigenvalue weighted by Gasteiger charge is -2.42. The summed E-state index contributed by atoms with van der Waals surface area (Å²) in [5.74, 6) is -0.518. The number of oxazole rings is 1. The largest absolute Gasteiger partial charge is 0.436 e. The number of fused-ring (bicyclic) bond motifs is 1. The van der Waals surface area contributed by atoms with Crippen LogP contribution in [0.25, 0.3) is 22.6 Å². The Morgan fingerprint density at radius 3 is 2.32 bits per heavy atom. The average Bonchev–Trinajstić information content (AvgIpc) is 3.20. The van der Waals surface area contributed by atoms with Crippen LogP contribution in [-0.4, -0.2) is 76.7 Å². The smallest absolute Gasteiger partial charge is 0.259 e. The molecule has 2 aliphatic rings. The number of benzene rings is 2. The molecule has 2 fully saturated rings. The zero-order valence-electron chi connectivity index (χ0n) is 16.6. The molecule has 31 heavy (non-hydrogen) atoms. The number of amides is 2. The van der Waals surface area contributed by atoms with Gasteiger partial charge in [-0.3, -0.25) is 9.59 Å². The van der Waals surface area contributed by atoms with Crippen molar-refractivity contribution in [3.63, 3.8) is 0 Å². The zero-order valence-corrected chi connectivity index (χ0v) is 16.6. The minimum absolute atomic E-state index is 0.0202. The Hall–Kier alpha value is -3.30. The molecule has 0 bridgehead atoms. The van der Waals surface area contributed by atoms with Crippen molar-refractivity contribution in [1.29, 1.82) is 0 Å². The second-order valence-corrected chi connectivity index (χ2v) is 7.82. The van der Waals surface area contributed by atoms with Crippen molar-refractivity contribution < 1.29 is 28.2 Å². The molecular formula is C22H20FN3O5. The number of carbonyl (C=O) groups is 2. The molecule has 1 N–H and O–H groups in total. The molecule has 2 aromatic carbocycles. The minimum Gasteiger partial charge on any atom is -0.436 e. The van der Waals surface area contributed by atoms with E-state index in [0.29, 0.717) is 54.3 Å². The first-order chi connectivity index (χ1) is 14.9. The normalized spacial score (nSPS) is 18.1. The summed E-state index contributed by atoms with van der Waals surface area (Å²) in [4.78, 5) is 32.8. The van der Waals surface area contributed by atoms with Gasteiger partial charge in [-0.15, -0.1) is 0 Å². The van der Waals surface area contributed by atoms with Crippen LogP contribution in [0.3, 0.4) is 0 Å². The van der Waals surface area contributed by atoms with Crippen LogP contribution in [0.1, 0.15) is 10.4 Å². The highest BCUT2D eigenvalue weighted by atomic mass is 19.1. The summed E-state index contributed by atoms with van der Waals surface area (Å²) in [7, 11) is 0. The van der Waals surface area contributed by atoms with Crippen molar-refractivity contribution in [2.75, 3.05) is 39.4 Å². The number of piperazine rings is 1. The predicted molar refractivity (Wildman–Crippen MR) is 108 cm³/mol.